The number of benzene rings is 4. The molecule has 88 heavy (non-hydrogen) atoms. The van der Waals surface area contributed by atoms with Crippen molar-refractivity contribution < 1.29 is 112 Å². The zero-order valence-corrected chi connectivity index (χ0v) is 52.8. The van der Waals surface area contributed by atoms with E-state index in [2.05, 4.69) is 0 Å². The van der Waals surface area contributed by atoms with Gasteiger partial charge in [0.25, 0.3) is 62.4 Å². The molecule has 482 valence electrons. The molecule has 3 heterocycles. The third-order valence-corrected chi connectivity index (χ3v) is 19.6. The lowest BCUT2D eigenvalue weighted by Crippen LogP contribution is -2.33. The third kappa shape index (κ3) is 16.1. The number of imide groups is 1. The van der Waals surface area contributed by atoms with E-state index in [9.17, 15) is 79.2 Å². The van der Waals surface area contributed by atoms with Crippen LogP contribution in [0.15, 0.2) is 104 Å². The van der Waals surface area contributed by atoms with Crippen molar-refractivity contribution in [3.05, 3.63) is 95.2 Å². The van der Waals surface area contributed by atoms with E-state index in [0.717, 1.165) is 12.1 Å². The minimum absolute atomic E-state index is 0.00366. The average Bonchev–Trinajstić information content (AvgIpc) is 1.52. The molecule has 0 aromatic heterocycles. The lowest BCUT2D eigenvalue weighted by atomic mass is 9.74. The SMILES string of the molecule is CCN1C(=CC=C(C)C=CC2=[N+](CCCC(=O)ON3C(=O)CCC3=O)c3ccc4c(S(=O)(=O)O)cc(S(=O)(=O)O)cc4c3C2(C)CCOCCOCCOCCOCCOC)C(C)(CCCS(=O)(=O)O)c2c1ccc1c(S(=O)(=O)O)cc(S(=O)(=O)O)cc21. The number of ether oxygens (including phenoxy) is 5. The molecule has 2 unspecified atom stereocenters. The van der Waals surface area contributed by atoms with Crippen LogP contribution in [-0.4, -0.2) is 183 Å². The smallest absolute Gasteiger partial charge is 0.333 e. The van der Waals surface area contributed by atoms with Crippen molar-refractivity contribution in [2.75, 3.05) is 90.3 Å². The molecule has 5 N–H and O–H groups in total. The number of carbonyl (C=O) groups excluding carboxylic acids is 3. The summed E-state index contributed by atoms with van der Waals surface area (Å²) in [5.41, 5.74) is 0.233. The van der Waals surface area contributed by atoms with E-state index in [1.807, 2.05) is 4.90 Å². The van der Waals surface area contributed by atoms with Crippen molar-refractivity contribution in [1.29, 1.82) is 0 Å². The first-order chi connectivity index (χ1) is 41.2. The molecule has 1 saturated heterocycles. The first-order valence-electron chi connectivity index (χ1n) is 27.6. The minimum atomic E-state index is -5.18. The van der Waals surface area contributed by atoms with E-state index in [-0.39, 0.29) is 113 Å². The van der Waals surface area contributed by atoms with Crippen molar-refractivity contribution in [3.63, 3.8) is 0 Å². The average molecular weight is 1330 g/mol. The summed E-state index contributed by atoms with van der Waals surface area (Å²) in [6.07, 6.45) is 6.02. The number of nitrogens with zero attached hydrogens (tertiary/aromatic N) is 3. The number of allylic oxidation sites excluding steroid dienone is 6. The molecule has 4 aromatic carbocycles. The number of rotatable bonds is 32. The molecule has 3 aliphatic rings. The van der Waals surface area contributed by atoms with Gasteiger partial charge >= 0.3 is 5.97 Å². The molecule has 4 aromatic rings. The number of hydroxylamine groups is 2. The Kier molecular flexibility index (Phi) is 22.2. The highest BCUT2D eigenvalue weighted by molar-refractivity contribution is 7.87. The fourth-order valence-corrected chi connectivity index (χ4v) is 14.4. The second-order valence-corrected chi connectivity index (χ2v) is 28.5. The van der Waals surface area contributed by atoms with Gasteiger partial charge in [0, 0.05) is 84.8 Å². The lowest BCUT2D eigenvalue weighted by molar-refractivity contribution is -0.438. The Labute approximate surface area is 510 Å². The molecule has 0 saturated carbocycles. The fraction of sp³-hybridized carbons (Fsp3) is 0.464. The number of anilines is 1. The van der Waals surface area contributed by atoms with Crippen LogP contribution in [0, 0.1) is 0 Å². The molecule has 0 aliphatic carbocycles. The highest BCUT2D eigenvalue weighted by atomic mass is 32.2. The number of amides is 2. The van der Waals surface area contributed by atoms with Crippen LogP contribution in [0.2, 0.25) is 0 Å². The van der Waals surface area contributed by atoms with Crippen molar-refractivity contribution in [1.82, 2.24) is 5.06 Å². The summed E-state index contributed by atoms with van der Waals surface area (Å²) in [7, 11) is -23.5. The second-order valence-electron chi connectivity index (χ2n) is 21.3. The van der Waals surface area contributed by atoms with Crippen molar-refractivity contribution in [2.24, 2.45) is 0 Å². The van der Waals surface area contributed by atoms with Crippen LogP contribution >= 0.6 is 0 Å². The predicted molar refractivity (Wildman–Crippen MR) is 317 cm³/mol. The highest BCUT2D eigenvalue weighted by Crippen LogP contribution is 2.54. The molecule has 7 rings (SSSR count). The molecule has 32 heteroatoms. The fourth-order valence-electron chi connectivity index (χ4n) is 11.3. The number of carbonyl (C=O) groups is 3. The third-order valence-electron chi connectivity index (χ3n) is 15.3. The summed E-state index contributed by atoms with van der Waals surface area (Å²) in [5.74, 6) is -3.00. The van der Waals surface area contributed by atoms with Gasteiger partial charge in [-0.05, 0) is 106 Å². The van der Waals surface area contributed by atoms with Gasteiger partial charge in [-0.3, -0.25) is 32.4 Å². The largest absolute Gasteiger partial charge is 0.382 e. The van der Waals surface area contributed by atoms with Gasteiger partial charge < -0.3 is 33.4 Å². The zero-order chi connectivity index (χ0) is 64.8. The first-order valence-corrected chi connectivity index (χ1v) is 35.0. The summed E-state index contributed by atoms with van der Waals surface area (Å²) in [4.78, 5) is 41.5. The molecule has 3 aliphatic heterocycles. The van der Waals surface area contributed by atoms with Gasteiger partial charge in [0.05, 0.1) is 80.2 Å². The standard InChI is InChI=1S/C56H69N3O24S5/c1-6-57-44-14-12-40-42(33-38(85(66,67)68)35-46(40)87(72,73)74)53(44)55(3,20-8-32-84(63,64)65)48(57)16-10-37(2)11-17-49-56(4,21-23-79-26-27-81-30-31-82-29-28-80-25-24-78-5)54-43-34-39(86(69,70)71)36-47(88(75,76)77)41(43)13-15-45(54)58(49)22-7-9-52(62)83-59-50(60)18-19-51(59)61/h10-17,33-36H,6-9,18-32H2,1-5H3,(H4-,63,64,65,66,67,68,69,70,71,72,73,74,75,76,77)/p+1. The summed E-state index contributed by atoms with van der Waals surface area (Å²) in [5, 5.41) is 0.140. The van der Waals surface area contributed by atoms with Gasteiger partial charge in [-0.1, -0.05) is 23.8 Å². The predicted octanol–water partition coefficient (Wildman–Crippen LogP) is 5.68. The minimum Gasteiger partial charge on any atom is -0.382 e. The van der Waals surface area contributed by atoms with E-state index in [0.29, 0.717) is 83.1 Å². The van der Waals surface area contributed by atoms with Crippen LogP contribution in [-0.2, 0) is 104 Å². The second kappa shape index (κ2) is 28.1. The van der Waals surface area contributed by atoms with Gasteiger partial charge in [0.15, 0.2) is 5.71 Å². The van der Waals surface area contributed by atoms with Crippen LogP contribution in [0.25, 0.3) is 21.5 Å². The highest BCUT2D eigenvalue weighted by Gasteiger charge is 2.50. The van der Waals surface area contributed by atoms with Crippen LogP contribution in [0.3, 0.4) is 0 Å². The summed E-state index contributed by atoms with van der Waals surface area (Å²) < 4.78 is 208. The molecule has 2 amide bonds. The van der Waals surface area contributed by atoms with E-state index < -0.39 is 105 Å². The number of methoxy groups -OCH3 is 1. The normalized spacial score (nSPS) is 19.2. The number of hydrogen-bond acceptors (Lipinski definition) is 20. The van der Waals surface area contributed by atoms with Crippen LogP contribution in [0.1, 0.15) is 83.8 Å². The van der Waals surface area contributed by atoms with Crippen molar-refractivity contribution >= 4 is 107 Å². The number of fused-ring (bicyclic) bond motifs is 6. The van der Waals surface area contributed by atoms with E-state index >= 15 is 0 Å². The Morgan fingerprint density at radius 2 is 1.15 bits per heavy atom. The van der Waals surface area contributed by atoms with E-state index in [1.54, 1.807) is 69.8 Å². The molecule has 27 nitrogen and oxygen atoms in total. The molecular formula is C56H70N3O24S5+. The summed E-state index contributed by atoms with van der Waals surface area (Å²) >= 11 is 0. The van der Waals surface area contributed by atoms with Gasteiger partial charge in [0.1, 0.15) is 16.3 Å². The van der Waals surface area contributed by atoms with Gasteiger partial charge in [-0.25, -0.2) is 4.79 Å². The number of likely N-dealkylation sites (N-methyl/N-ethyl adjacent to an activating group) is 1. The Hall–Kier alpha value is -5.95. The summed E-state index contributed by atoms with van der Waals surface area (Å²) in [6.45, 7) is 9.44. The van der Waals surface area contributed by atoms with Crippen LogP contribution < -0.4 is 4.90 Å². The lowest BCUT2D eigenvalue weighted by Gasteiger charge is -2.30. The number of hydrogen-bond donors (Lipinski definition) is 5. The summed E-state index contributed by atoms with van der Waals surface area (Å²) in [6, 6.07) is 9.15. The van der Waals surface area contributed by atoms with E-state index in [4.69, 9.17) is 28.5 Å². The maximum absolute atomic E-state index is 13.2. The first kappa shape index (κ1) is 69.5. The van der Waals surface area contributed by atoms with Gasteiger partial charge in [0.2, 0.25) is 5.69 Å². The molecular weight excluding hydrogens is 1260 g/mol. The Morgan fingerprint density at radius 3 is 1.65 bits per heavy atom. The molecule has 2 atom stereocenters. The monoisotopic (exact) mass is 1330 g/mol. The molecule has 0 bridgehead atoms. The van der Waals surface area contributed by atoms with E-state index in [1.165, 1.54) is 18.2 Å². The van der Waals surface area contributed by atoms with Gasteiger partial charge in [-0.2, -0.15) is 46.7 Å². The maximum atomic E-state index is 13.2. The van der Waals surface area contributed by atoms with Crippen molar-refractivity contribution in [3.8, 4) is 0 Å². The quantitative estimate of drug-likeness (QED) is 0.0129. The molecule has 0 spiro atoms. The maximum Gasteiger partial charge on any atom is 0.333 e. The Morgan fingerprint density at radius 1 is 0.636 bits per heavy atom. The van der Waals surface area contributed by atoms with Crippen LogP contribution in [0.4, 0.5) is 11.4 Å². The topological polar surface area (TPSA) is 388 Å². The van der Waals surface area contributed by atoms with Crippen LogP contribution in [0.5, 0.6) is 0 Å². The Bertz CT molecular complexity index is 4090. The zero-order valence-electron chi connectivity index (χ0n) is 48.7. The Balaban J connectivity index is 1.34. The molecule has 0 radical (unpaired) electrons. The van der Waals surface area contributed by atoms with Gasteiger partial charge in [-0.15, -0.1) is 5.06 Å². The van der Waals surface area contributed by atoms with Crippen molar-refractivity contribution in [2.45, 2.75) is 103 Å². The molecule has 1 fully saturated rings.